The molecule has 0 saturated carbocycles. The normalized spacial score (nSPS) is 19.0. The molecule has 0 spiro atoms. The van der Waals surface area contributed by atoms with E-state index in [1.54, 1.807) is 12.0 Å². The van der Waals surface area contributed by atoms with E-state index in [9.17, 15) is 9.90 Å². The number of thioether (sulfide) groups is 1. The van der Waals surface area contributed by atoms with Crippen molar-refractivity contribution < 1.29 is 14.6 Å². The number of carbonyl (C=O) groups excluding carboxylic acids is 1. The van der Waals surface area contributed by atoms with Crippen LogP contribution in [0.25, 0.3) is 0 Å². The number of hydrogen-bond donors (Lipinski definition) is 1. The van der Waals surface area contributed by atoms with Crippen molar-refractivity contribution in [2.24, 2.45) is 0 Å². The zero-order chi connectivity index (χ0) is 19.4. The Morgan fingerprint density at radius 2 is 1.86 bits per heavy atom. The minimum Gasteiger partial charge on any atom is -0.497 e. The molecule has 0 radical (unpaired) electrons. The first-order valence-electron chi connectivity index (χ1n) is 9.12. The highest BCUT2D eigenvalue weighted by Gasteiger charge is 2.37. The van der Waals surface area contributed by atoms with Gasteiger partial charge in [-0.05, 0) is 43.4 Å². The van der Waals surface area contributed by atoms with Crippen LogP contribution in [0.15, 0.2) is 53.4 Å². The van der Waals surface area contributed by atoms with Gasteiger partial charge in [0.25, 0.3) is 5.91 Å². The minimum atomic E-state index is -1.11. The Balaban J connectivity index is 0.00000280. The summed E-state index contributed by atoms with van der Waals surface area (Å²) in [5.41, 5.74) is 1.77. The van der Waals surface area contributed by atoms with E-state index in [4.69, 9.17) is 4.74 Å². The molecule has 1 aliphatic rings. The van der Waals surface area contributed by atoms with Gasteiger partial charge in [0.15, 0.2) is 0 Å². The van der Waals surface area contributed by atoms with Crippen LogP contribution in [0.1, 0.15) is 17.7 Å². The summed E-state index contributed by atoms with van der Waals surface area (Å²) in [4.78, 5) is 18.0. The molecule has 5 nitrogen and oxygen atoms in total. The predicted octanol–water partition coefficient (Wildman–Crippen LogP) is 3.61. The Hall–Kier alpha value is -1.73. The third-order valence-electron chi connectivity index (χ3n) is 4.91. The molecule has 1 aliphatic heterocycles. The van der Waals surface area contributed by atoms with Gasteiger partial charge in [0.1, 0.15) is 11.9 Å². The Bertz CT molecular complexity index is 787. The largest absolute Gasteiger partial charge is 0.497 e. The van der Waals surface area contributed by atoms with Crippen molar-refractivity contribution in [3.8, 4) is 5.75 Å². The molecular weight excluding hydrogens is 396 g/mol. The molecule has 1 heterocycles. The standard InChI is InChI=1S/C21H26N2O3S.ClH/c1-4-22(2)13-14-23-17-7-5-6-8-18(17)27-20(19(24)21(23)25)15-9-11-16(26-3)12-10-15;/h5-12,19-20,24H,4,13-14H2,1-3H3;1H/t19-,20+;/m1./s1. The van der Waals surface area contributed by atoms with Crippen molar-refractivity contribution in [1.29, 1.82) is 0 Å². The fourth-order valence-electron chi connectivity index (χ4n) is 3.09. The van der Waals surface area contributed by atoms with Gasteiger partial charge in [-0.15, -0.1) is 24.2 Å². The number of aliphatic hydroxyl groups excluding tert-OH is 1. The van der Waals surface area contributed by atoms with Gasteiger partial charge in [-0.3, -0.25) is 4.79 Å². The second-order valence-corrected chi connectivity index (χ2v) is 7.79. The minimum absolute atomic E-state index is 0. The van der Waals surface area contributed by atoms with Crippen LogP contribution in [0.4, 0.5) is 5.69 Å². The van der Waals surface area contributed by atoms with Gasteiger partial charge in [-0.25, -0.2) is 0 Å². The van der Waals surface area contributed by atoms with Gasteiger partial charge < -0.3 is 19.6 Å². The molecule has 0 saturated heterocycles. The molecule has 7 heteroatoms. The molecule has 0 fully saturated rings. The summed E-state index contributed by atoms with van der Waals surface area (Å²) in [6, 6.07) is 15.4. The number of likely N-dealkylation sites (N-methyl/N-ethyl adjacent to an activating group) is 1. The third kappa shape index (κ3) is 4.81. The van der Waals surface area contributed by atoms with Crippen molar-refractivity contribution in [3.63, 3.8) is 0 Å². The first-order valence-corrected chi connectivity index (χ1v) is 10.0. The number of aliphatic hydroxyl groups is 1. The summed E-state index contributed by atoms with van der Waals surface area (Å²) in [6.45, 7) is 4.30. The second-order valence-electron chi connectivity index (χ2n) is 6.61. The first-order chi connectivity index (χ1) is 13.0. The number of hydrogen-bond acceptors (Lipinski definition) is 5. The number of anilines is 1. The predicted molar refractivity (Wildman–Crippen MR) is 117 cm³/mol. The molecule has 2 aromatic rings. The molecule has 152 valence electrons. The number of methoxy groups -OCH3 is 1. The van der Waals surface area contributed by atoms with E-state index in [2.05, 4.69) is 11.8 Å². The highest BCUT2D eigenvalue weighted by Crippen LogP contribution is 2.45. The highest BCUT2D eigenvalue weighted by atomic mass is 35.5. The van der Waals surface area contributed by atoms with Crippen molar-refractivity contribution in [3.05, 3.63) is 54.1 Å². The lowest BCUT2D eigenvalue weighted by atomic mass is 10.1. The van der Waals surface area contributed by atoms with Crippen LogP contribution in [0.3, 0.4) is 0 Å². The molecule has 28 heavy (non-hydrogen) atoms. The summed E-state index contributed by atoms with van der Waals surface area (Å²) in [5.74, 6) is 0.501. The first kappa shape index (κ1) is 22.6. The van der Waals surface area contributed by atoms with E-state index in [-0.39, 0.29) is 23.6 Å². The SMILES string of the molecule is CCN(C)CCN1C(=O)[C@H](O)[C@H](c2ccc(OC)cc2)Sc2ccccc21.Cl. The molecular formula is C21H27ClN2O3S. The molecule has 0 aliphatic carbocycles. The van der Waals surface area contributed by atoms with E-state index < -0.39 is 6.10 Å². The Kier molecular flexibility index (Phi) is 8.19. The van der Waals surface area contributed by atoms with Crippen LogP contribution in [0, 0.1) is 0 Å². The summed E-state index contributed by atoms with van der Waals surface area (Å²) < 4.78 is 5.22. The summed E-state index contributed by atoms with van der Waals surface area (Å²) >= 11 is 1.53. The lowest BCUT2D eigenvalue weighted by Gasteiger charge is -2.27. The van der Waals surface area contributed by atoms with E-state index in [1.807, 2.05) is 55.6 Å². The lowest BCUT2D eigenvalue weighted by molar-refractivity contribution is -0.126. The molecule has 3 rings (SSSR count). The number of amides is 1. The average Bonchev–Trinajstić information content (AvgIpc) is 2.81. The van der Waals surface area contributed by atoms with Gasteiger partial charge in [0.05, 0.1) is 18.0 Å². The van der Waals surface area contributed by atoms with E-state index in [0.29, 0.717) is 6.54 Å². The summed E-state index contributed by atoms with van der Waals surface area (Å²) in [5, 5.41) is 10.5. The Morgan fingerprint density at radius 1 is 1.18 bits per heavy atom. The number of ether oxygens (including phenoxy) is 1. The average molecular weight is 423 g/mol. The fraction of sp³-hybridized carbons (Fsp3) is 0.381. The number of para-hydroxylation sites is 1. The Morgan fingerprint density at radius 3 is 2.50 bits per heavy atom. The van der Waals surface area contributed by atoms with Crippen molar-refractivity contribution >= 4 is 35.8 Å². The summed E-state index contributed by atoms with van der Waals surface area (Å²) in [6.07, 6.45) is -1.11. The summed E-state index contributed by atoms with van der Waals surface area (Å²) in [7, 11) is 3.65. The molecule has 0 aromatic heterocycles. The second kappa shape index (κ2) is 10.2. The van der Waals surface area contributed by atoms with E-state index in [1.165, 1.54) is 11.8 Å². The molecule has 2 atom stereocenters. The zero-order valence-corrected chi connectivity index (χ0v) is 18.0. The van der Waals surface area contributed by atoms with Gasteiger partial charge in [0, 0.05) is 18.0 Å². The van der Waals surface area contributed by atoms with E-state index >= 15 is 0 Å². The van der Waals surface area contributed by atoms with Crippen LogP contribution in [0.2, 0.25) is 0 Å². The Labute approximate surface area is 177 Å². The van der Waals surface area contributed by atoms with Crippen LogP contribution in [-0.4, -0.2) is 55.8 Å². The zero-order valence-electron chi connectivity index (χ0n) is 16.4. The van der Waals surface area contributed by atoms with Crippen LogP contribution >= 0.6 is 24.2 Å². The maximum Gasteiger partial charge on any atom is 0.257 e. The van der Waals surface area contributed by atoms with Crippen molar-refractivity contribution in [2.75, 3.05) is 38.7 Å². The quantitative estimate of drug-likeness (QED) is 0.770. The van der Waals surface area contributed by atoms with Gasteiger partial charge >= 0.3 is 0 Å². The maximum absolute atomic E-state index is 13.1. The smallest absolute Gasteiger partial charge is 0.257 e. The van der Waals surface area contributed by atoms with Gasteiger partial charge in [0.2, 0.25) is 0 Å². The maximum atomic E-state index is 13.1. The molecule has 2 aromatic carbocycles. The van der Waals surface area contributed by atoms with Gasteiger partial charge in [-0.1, -0.05) is 31.2 Å². The van der Waals surface area contributed by atoms with Crippen LogP contribution in [-0.2, 0) is 4.79 Å². The number of rotatable bonds is 6. The van der Waals surface area contributed by atoms with Gasteiger partial charge in [-0.2, -0.15) is 0 Å². The topological polar surface area (TPSA) is 53.0 Å². The van der Waals surface area contributed by atoms with Crippen molar-refractivity contribution in [2.45, 2.75) is 23.2 Å². The molecule has 0 unspecified atom stereocenters. The number of carbonyl (C=O) groups is 1. The van der Waals surface area contributed by atoms with Crippen LogP contribution < -0.4 is 9.64 Å². The van der Waals surface area contributed by atoms with Crippen molar-refractivity contribution in [1.82, 2.24) is 4.90 Å². The number of halogens is 1. The molecule has 1 amide bonds. The molecule has 0 bridgehead atoms. The number of nitrogens with zero attached hydrogens (tertiary/aromatic N) is 2. The fourth-order valence-corrected chi connectivity index (χ4v) is 4.36. The number of benzene rings is 2. The third-order valence-corrected chi connectivity index (χ3v) is 6.29. The molecule has 1 N–H and O–H groups in total. The monoisotopic (exact) mass is 422 g/mol. The van der Waals surface area contributed by atoms with E-state index in [0.717, 1.165) is 35.0 Å². The lowest BCUT2D eigenvalue weighted by Crippen LogP contribution is -2.43. The number of fused-ring (bicyclic) bond motifs is 1. The highest BCUT2D eigenvalue weighted by molar-refractivity contribution is 7.99. The van der Waals surface area contributed by atoms with Crippen LogP contribution in [0.5, 0.6) is 5.75 Å².